The third-order valence-corrected chi connectivity index (χ3v) is 4.16. The SMILES string of the molecule is CC1CCCCCC(C)C1N(C)CCCO. The summed E-state index contributed by atoms with van der Waals surface area (Å²) in [5, 5.41) is 8.92. The van der Waals surface area contributed by atoms with Gasteiger partial charge in [-0.2, -0.15) is 0 Å². The molecule has 1 rings (SSSR count). The van der Waals surface area contributed by atoms with Gasteiger partial charge in [0.05, 0.1) is 0 Å². The number of hydrogen-bond donors (Lipinski definition) is 1. The van der Waals surface area contributed by atoms with Crippen LogP contribution >= 0.6 is 0 Å². The average Bonchev–Trinajstić information content (AvgIpc) is 2.24. The molecule has 1 aliphatic carbocycles. The Kier molecular flexibility index (Phi) is 6.37. The lowest BCUT2D eigenvalue weighted by Gasteiger charge is -2.39. The Morgan fingerprint density at radius 1 is 1.06 bits per heavy atom. The zero-order valence-electron chi connectivity index (χ0n) is 11.3. The summed E-state index contributed by atoms with van der Waals surface area (Å²) in [5.74, 6) is 1.61. The molecule has 1 aliphatic rings. The van der Waals surface area contributed by atoms with Crippen molar-refractivity contribution in [2.24, 2.45) is 11.8 Å². The summed E-state index contributed by atoms with van der Waals surface area (Å²) in [7, 11) is 2.23. The maximum Gasteiger partial charge on any atom is 0.0443 e. The van der Waals surface area contributed by atoms with Crippen LogP contribution in [0.15, 0.2) is 0 Å². The average molecular weight is 227 g/mol. The highest BCUT2D eigenvalue weighted by molar-refractivity contribution is 4.81. The van der Waals surface area contributed by atoms with Crippen LogP contribution in [0.5, 0.6) is 0 Å². The molecule has 16 heavy (non-hydrogen) atoms. The van der Waals surface area contributed by atoms with Gasteiger partial charge in [0.2, 0.25) is 0 Å². The Morgan fingerprint density at radius 2 is 1.62 bits per heavy atom. The summed E-state index contributed by atoms with van der Waals surface area (Å²) < 4.78 is 0. The first-order chi connectivity index (χ1) is 7.66. The van der Waals surface area contributed by atoms with E-state index >= 15 is 0 Å². The van der Waals surface area contributed by atoms with E-state index in [9.17, 15) is 0 Å². The molecule has 1 fully saturated rings. The molecule has 0 aromatic heterocycles. The van der Waals surface area contributed by atoms with Crippen molar-refractivity contribution in [3.05, 3.63) is 0 Å². The summed E-state index contributed by atoms with van der Waals surface area (Å²) in [4.78, 5) is 2.48. The Hall–Kier alpha value is -0.0800. The molecule has 2 unspecified atom stereocenters. The molecule has 1 saturated carbocycles. The van der Waals surface area contributed by atoms with Gasteiger partial charge >= 0.3 is 0 Å². The van der Waals surface area contributed by atoms with Gasteiger partial charge in [-0.15, -0.1) is 0 Å². The van der Waals surface area contributed by atoms with Crippen LogP contribution in [0.3, 0.4) is 0 Å². The first-order valence-corrected chi connectivity index (χ1v) is 6.98. The van der Waals surface area contributed by atoms with Crippen LogP contribution in [0.25, 0.3) is 0 Å². The predicted molar refractivity (Wildman–Crippen MR) is 69.5 cm³/mol. The second kappa shape index (κ2) is 7.29. The van der Waals surface area contributed by atoms with Crippen LogP contribution in [0, 0.1) is 11.8 Å². The third kappa shape index (κ3) is 4.06. The molecule has 2 atom stereocenters. The van der Waals surface area contributed by atoms with Gasteiger partial charge in [-0.25, -0.2) is 0 Å². The zero-order valence-corrected chi connectivity index (χ0v) is 11.3. The first kappa shape index (κ1) is 14.0. The second-order valence-electron chi connectivity index (χ2n) is 5.64. The van der Waals surface area contributed by atoms with E-state index < -0.39 is 0 Å². The molecule has 96 valence electrons. The van der Waals surface area contributed by atoms with Crippen LogP contribution in [0.2, 0.25) is 0 Å². The van der Waals surface area contributed by atoms with E-state index in [1.54, 1.807) is 0 Å². The van der Waals surface area contributed by atoms with Gasteiger partial charge in [0.15, 0.2) is 0 Å². The Morgan fingerprint density at radius 3 is 2.12 bits per heavy atom. The minimum Gasteiger partial charge on any atom is -0.396 e. The van der Waals surface area contributed by atoms with E-state index in [-0.39, 0.29) is 0 Å². The van der Waals surface area contributed by atoms with Crippen molar-refractivity contribution in [1.29, 1.82) is 0 Å². The number of aliphatic hydroxyl groups excluding tert-OH is 1. The first-order valence-electron chi connectivity index (χ1n) is 6.98. The largest absolute Gasteiger partial charge is 0.396 e. The van der Waals surface area contributed by atoms with Gasteiger partial charge in [-0.05, 0) is 38.1 Å². The van der Waals surface area contributed by atoms with E-state index in [4.69, 9.17) is 5.11 Å². The zero-order chi connectivity index (χ0) is 12.0. The van der Waals surface area contributed by atoms with Crippen LogP contribution in [0.4, 0.5) is 0 Å². The van der Waals surface area contributed by atoms with Crippen molar-refractivity contribution >= 4 is 0 Å². The molecular weight excluding hydrogens is 198 g/mol. The molecule has 0 aliphatic heterocycles. The summed E-state index contributed by atoms with van der Waals surface area (Å²) in [6, 6.07) is 0.715. The standard InChI is InChI=1S/C14H29NO/c1-12-8-5-4-6-9-13(2)14(12)15(3)10-7-11-16/h12-14,16H,4-11H2,1-3H3. The molecule has 0 aromatic rings. The van der Waals surface area contributed by atoms with Gasteiger partial charge in [0.25, 0.3) is 0 Å². The quantitative estimate of drug-likeness (QED) is 0.798. The molecule has 0 radical (unpaired) electrons. The van der Waals surface area contributed by atoms with Gasteiger partial charge in [0, 0.05) is 19.2 Å². The van der Waals surface area contributed by atoms with E-state index in [0.29, 0.717) is 12.6 Å². The molecular formula is C14H29NO. The highest BCUT2D eigenvalue weighted by atomic mass is 16.3. The van der Waals surface area contributed by atoms with Gasteiger partial charge < -0.3 is 10.0 Å². The number of aliphatic hydroxyl groups is 1. The van der Waals surface area contributed by atoms with Gasteiger partial charge in [-0.3, -0.25) is 0 Å². The van der Waals surface area contributed by atoms with Gasteiger partial charge in [0.1, 0.15) is 0 Å². The Bertz CT molecular complexity index is 172. The molecule has 0 saturated heterocycles. The van der Waals surface area contributed by atoms with E-state index in [1.165, 1.54) is 32.1 Å². The Labute approximate surface area is 101 Å². The molecule has 0 bridgehead atoms. The molecule has 2 heteroatoms. The number of hydrogen-bond acceptors (Lipinski definition) is 2. The summed E-state index contributed by atoms with van der Waals surface area (Å²) in [6.45, 7) is 6.17. The molecule has 0 spiro atoms. The van der Waals surface area contributed by atoms with Crippen LogP contribution < -0.4 is 0 Å². The summed E-state index contributed by atoms with van der Waals surface area (Å²) in [6.07, 6.45) is 7.88. The minimum atomic E-state index is 0.319. The summed E-state index contributed by atoms with van der Waals surface area (Å²) in [5.41, 5.74) is 0. The fourth-order valence-corrected chi connectivity index (χ4v) is 3.35. The molecule has 0 amide bonds. The van der Waals surface area contributed by atoms with E-state index in [2.05, 4.69) is 25.8 Å². The fourth-order valence-electron chi connectivity index (χ4n) is 3.35. The number of rotatable bonds is 4. The molecule has 0 heterocycles. The van der Waals surface area contributed by atoms with Crippen molar-refractivity contribution in [3.63, 3.8) is 0 Å². The van der Waals surface area contributed by atoms with Crippen molar-refractivity contribution in [1.82, 2.24) is 4.90 Å². The monoisotopic (exact) mass is 227 g/mol. The Balaban J connectivity index is 2.54. The maximum atomic E-state index is 8.92. The number of nitrogens with zero attached hydrogens (tertiary/aromatic N) is 1. The fraction of sp³-hybridized carbons (Fsp3) is 1.00. The van der Waals surface area contributed by atoms with Crippen molar-refractivity contribution in [2.45, 2.75) is 58.4 Å². The van der Waals surface area contributed by atoms with Crippen LogP contribution in [-0.2, 0) is 0 Å². The third-order valence-electron chi connectivity index (χ3n) is 4.16. The van der Waals surface area contributed by atoms with Crippen LogP contribution in [-0.4, -0.2) is 36.2 Å². The lowest BCUT2D eigenvalue weighted by atomic mass is 9.81. The smallest absolute Gasteiger partial charge is 0.0443 e. The molecule has 2 nitrogen and oxygen atoms in total. The van der Waals surface area contributed by atoms with E-state index in [1.807, 2.05) is 0 Å². The normalized spacial score (nSPS) is 32.4. The highest BCUT2D eigenvalue weighted by Crippen LogP contribution is 2.29. The lowest BCUT2D eigenvalue weighted by molar-refractivity contribution is 0.102. The maximum absolute atomic E-state index is 8.92. The van der Waals surface area contributed by atoms with Crippen molar-refractivity contribution in [3.8, 4) is 0 Å². The predicted octanol–water partition coefficient (Wildman–Crippen LogP) is 2.91. The van der Waals surface area contributed by atoms with Gasteiger partial charge in [-0.1, -0.05) is 33.1 Å². The topological polar surface area (TPSA) is 23.5 Å². The second-order valence-corrected chi connectivity index (χ2v) is 5.64. The van der Waals surface area contributed by atoms with Crippen molar-refractivity contribution < 1.29 is 5.11 Å². The van der Waals surface area contributed by atoms with Crippen molar-refractivity contribution in [2.75, 3.05) is 20.2 Å². The highest BCUT2D eigenvalue weighted by Gasteiger charge is 2.27. The minimum absolute atomic E-state index is 0.319. The molecule has 0 aromatic carbocycles. The molecule has 1 N–H and O–H groups in total. The van der Waals surface area contributed by atoms with E-state index in [0.717, 1.165) is 24.8 Å². The lowest BCUT2D eigenvalue weighted by Crippen LogP contribution is -2.43. The van der Waals surface area contributed by atoms with Crippen LogP contribution in [0.1, 0.15) is 52.4 Å². The summed E-state index contributed by atoms with van der Waals surface area (Å²) >= 11 is 0.